The van der Waals surface area contributed by atoms with Crippen molar-refractivity contribution in [2.75, 3.05) is 18.5 Å². The van der Waals surface area contributed by atoms with E-state index < -0.39 is 12.7 Å². The quantitative estimate of drug-likeness (QED) is 0.611. The van der Waals surface area contributed by atoms with Crippen LogP contribution in [0.3, 0.4) is 0 Å². The van der Waals surface area contributed by atoms with E-state index in [2.05, 4.69) is 4.98 Å². The lowest BCUT2D eigenvalue weighted by molar-refractivity contribution is -0.119. The molecule has 1 aromatic rings. The molecule has 0 radical (unpaired) electrons. The van der Waals surface area contributed by atoms with Gasteiger partial charge in [0, 0.05) is 18.8 Å². The zero-order valence-corrected chi connectivity index (χ0v) is 8.54. The van der Waals surface area contributed by atoms with Gasteiger partial charge in [-0.15, -0.1) is 0 Å². The molecular weight excluding hydrogens is 221 g/mol. The summed E-state index contributed by atoms with van der Waals surface area (Å²) in [5.74, 6) is 0.0137. The minimum atomic E-state index is -4.27. The minimum Gasteiger partial charge on any atom is -0.384 e. The number of alkyl halides is 3. The lowest BCUT2D eigenvalue weighted by Gasteiger charge is -2.19. The number of hydrogen-bond donors (Lipinski definition) is 2. The lowest BCUT2D eigenvalue weighted by Crippen LogP contribution is -2.31. The summed E-state index contributed by atoms with van der Waals surface area (Å²) < 4.78 is 36.2. The molecule has 4 nitrogen and oxygen atoms in total. The normalized spacial score (nSPS) is 11.2. The van der Waals surface area contributed by atoms with Gasteiger partial charge >= 0.3 is 6.18 Å². The van der Waals surface area contributed by atoms with Gasteiger partial charge in [-0.3, -0.25) is 5.41 Å². The number of rotatable bonds is 3. The van der Waals surface area contributed by atoms with Crippen LogP contribution in [0.2, 0.25) is 0 Å². The molecule has 1 aromatic heterocycles. The standard InChI is InChI=1S/C9H11F3N4/c1-16(5-9(10,11)12)7-3-2-6(4-15-7)8(13)14/h2-4H,5H2,1H3,(H3,13,14). The molecule has 0 saturated carbocycles. The average Bonchev–Trinajstić information content (AvgIpc) is 2.15. The van der Waals surface area contributed by atoms with E-state index in [-0.39, 0.29) is 11.7 Å². The minimum absolute atomic E-state index is 0.169. The summed E-state index contributed by atoms with van der Waals surface area (Å²) in [4.78, 5) is 4.77. The molecule has 0 aromatic carbocycles. The van der Waals surface area contributed by atoms with E-state index in [0.29, 0.717) is 5.56 Å². The van der Waals surface area contributed by atoms with Crippen LogP contribution in [0.25, 0.3) is 0 Å². The number of nitrogens with one attached hydrogen (secondary N) is 1. The number of aromatic nitrogens is 1. The molecule has 1 rings (SSSR count). The molecule has 0 bridgehead atoms. The third kappa shape index (κ3) is 3.41. The number of halogens is 3. The second-order valence-corrected chi connectivity index (χ2v) is 3.29. The highest BCUT2D eigenvalue weighted by atomic mass is 19.4. The van der Waals surface area contributed by atoms with Crippen LogP contribution < -0.4 is 10.6 Å². The van der Waals surface area contributed by atoms with E-state index in [9.17, 15) is 13.2 Å². The molecule has 7 heteroatoms. The fourth-order valence-electron chi connectivity index (χ4n) is 1.12. The molecule has 0 unspecified atom stereocenters. The Morgan fingerprint density at radius 1 is 1.50 bits per heavy atom. The zero-order chi connectivity index (χ0) is 12.3. The van der Waals surface area contributed by atoms with Gasteiger partial charge in [-0.25, -0.2) is 4.98 Å². The van der Waals surface area contributed by atoms with E-state index in [1.165, 1.54) is 25.4 Å². The first-order valence-electron chi connectivity index (χ1n) is 4.38. The Hall–Kier alpha value is -1.79. The van der Waals surface area contributed by atoms with Gasteiger partial charge in [0.1, 0.15) is 18.2 Å². The van der Waals surface area contributed by atoms with E-state index in [4.69, 9.17) is 11.1 Å². The maximum atomic E-state index is 12.1. The van der Waals surface area contributed by atoms with Crippen molar-refractivity contribution in [3.8, 4) is 0 Å². The molecule has 3 N–H and O–H groups in total. The first-order valence-corrected chi connectivity index (χ1v) is 4.38. The Bertz CT molecular complexity index is 371. The highest BCUT2D eigenvalue weighted by Crippen LogP contribution is 2.19. The molecule has 0 spiro atoms. The van der Waals surface area contributed by atoms with Crippen LogP contribution in [0.4, 0.5) is 19.0 Å². The van der Waals surface area contributed by atoms with Gasteiger partial charge in [-0.2, -0.15) is 13.2 Å². The van der Waals surface area contributed by atoms with Crippen molar-refractivity contribution in [3.63, 3.8) is 0 Å². The van der Waals surface area contributed by atoms with Crippen LogP contribution >= 0.6 is 0 Å². The van der Waals surface area contributed by atoms with E-state index >= 15 is 0 Å². The Morgan fingerprint density at radius 3 is 2.50 bits per heavy atom. The summed E-state index contributed by atoms with van der Waals surface area (Å²) in [6.45, 7) is -1.07. The smallest absolute Gasteiger partial charge is 0.384 e. The third-order valence-corrected chi connectivity index (χ3v) is 1.87. The summed E-state index contributed by atoms with van der Waals surface area (Å²) >= 11 is 0. The Balaban J connectivity index is 2.78. The zero-order valence-electron chi connectivity index (χ0n) is 8.54. The van der Waals surface area contributed by atoms with Gasteiger partial charge in [0.25, 0.3) is 0 Å². The van der Waals surface area contributed by atoms with Gasteiger partial charge in [-0.05, 0) is 12.1 Å². The molecule has 0 atom stereocenters. The second kappa shape index (κ2) is 4.38. The number of pyridine rings is 1. The Labute approximate surface area is 90.4 Å². The number of nitrogens with zero attached hydrogens (tertiary/aromatic N) is 2. The van der Waals surface area contributed by atoms with Crippen LogP contribution in [0.15, 0.2) is 18.3 Å². The Kier molecular flexibility index (Phi) is 3.36. The van der Waals surface area contributed by atoms with Gasteiger partial charge < -0.3 is 10.6 Å². The molecule has 16 heavy (non-hydrogen) atoms. The van der Waals surface area contributed by atoms with Crippen LogP contribution in [-0.4, -0.2) is 30.6 Å². The van der Waals surface area contributed by atoms with Crippen LogP contribution in [0.5, 0.6) is 0 Å². The summed E-state index contributed by atoms with van der Waals surface area (Å²) in [5, 5.41) is 7.10. The highest BCUT2D eigenvalue weighted by molar-refractivity contribution is 5.94. The number of anilines is 1. The lowest BCUT2D eigenvalue weighted by atomic mass is 10.2. The molecule has 0 saturated heterocycles. The number of nitrogens with two attached hydrogens (primary N) is 1. The predicted octanol–water partition coefficient (Wildman–Crippen LogP) is 1.36. The van der Waals surface area contributed by atoms with E-state index in [1.54, 1.807) is 0 Å². The largest absolute Gasteiger partial charge is 0.405 e. The van der Waals surface area contributed by atoms with Gasteiger partial charge in [0.2, 0.25) is 0 Å². The number of nitrogen functional groups attached to an aromatic ring is 1. The molecular formula is C9H11F3N4. The van der Waals surface area contributed by atoms with Crippen molar-refractivity contribution in [2.45, 2.75) is 6.18 Å². The number of amidine groups is 1. The highest BCUT2D eigenvalue weighted by Gasteiger charge is 2.29. The predicted molar refractivity (Wildman–Crippen MR) is 54.6 cm³/mol. The van der Waals surface area contributed by atoms with Crippen molar-refractivity contribution in [3.05, 3.63) is 23.9 Å². The first kappa shape index (κ1) is 12.3. The monoisotopic (exact) mass is 232 g/mol. The van der Waals surface area contributed by atoms with E-state index in [0.717, 1.165) is 4.90 Å². The van der Waals surface area contributed by atoms with Crippen LogP contribution in [0.1, 0.15) is 5.56 Å². The summed E-state index contributed by atoms with van der Waals surface area (Å²) in [7, 11) is 1.29. The Morgan fingerprint density at radius 2 is 2.12 bits per heavy atom. The number of hydrogen-bond acceptors (Lipinski definition) is 3. The summed E-state index contributed by atoms with van der Waals surface area (Å²) in [6, 6.07) is 2.85. The van der Waals surface area contributed by atoms with Crippen molar-refractivity contribution >= 4 is 11.7 Å². The van der Waals surface area contributed by atoms with Gasteiger partial charge in [0.05, 0.1) is 0 Å². The SMILES string of the molecule is CN(CC(F)(F)F)c1ccc(C(=N)N)cn1. The summed E-state index contributed by atoms with van der Waals surface area (Å²) in [6.07, 6.45) is -3.00. The maximum Gasteiger partial charge on any atom is 0.405 e. The molecule has 0 aliphatic heterocycles. The summed E-state index contributed by atoms with van der Waals surface area (Å²) in [5.41, 5.74) is 5.57. The van der Waals surface area contributed by atoms with Crippen molar-refractivity contribution in [1.82, 2.24) is 4.98 Å². The molecule has 1 heterocycles. The van der Waals surface area contributed by atoms with Crippen LogP contribution in [0, 0.1) is 5.41 Å². The second-order valence-electron chi connectivity index (χ2n) is 3.29. The molecule has 0 fully saturated rings. The molecule has 0 aliphatic carbocycles. The first-order chi connectivity index (χ1) is 7.29. The van der Waals surface area contributed by atoms with Gasteiger partial charge in [-0.1, -0.05) is 0 Å². The average molecular weight is 232 g/mol. The molecule has 88 valence electrons. The fraction of sp³-hybridized carbons (Fsp3) is 0.333. The van der Waals surface area contributed by atoms with E-state index in [1.807, 2.05) is 0 Å². The van der Waals surface area contributed by atoms with Crippen molar-refractivity contribution in [1.29, 1.82) is 5.41 Å². The third-order valence-electron chi connectivity index (χ3n) is 1.87. The van der Waals surface area contributed by atoms with Crippen LogP contribution in [-0.2, 0) is 0 Å². The fourth-order valence-corrected chi connectivity index (χ4v) is 1.12. The molecule has 0 amide bonds. The van der Waals surface area contributed by atoms with Crippen molar-refractivity contribution in [2.24, 2.45) is 5.73 Å². The maximum absolute atomic E-state index is 12.1. The molecule has 0 aliphatic rings. The topological polar surface area (TPSA) is 66.0 Å². The van der Waals surface area contributed by atoms with Crippen molar-refractivity contribution < 1.29 is 13.2 Å². The van der Waals surface area contributed by atoms with Gasteiger partial charge in [0.15, 0.2) is 0 Å².